The zero-order valence-corrected chi connectivity index (χ0v) is 20.5. The molecule has 0 atom stereocenters. The molecular weight excluding hydrogens is 492 g/mol. The van der Waals surface area contributed by atoms with Crippen LogP contribution in [0.15, 0.2) is 51.8 Å². The maximum absolute atomic E-state index is 13.1. The molecule has 0 aromatic heterocycles. The van der Waals surface area contributed by atoms with Crippen LogP contribution in [0.5, 0.6) is 0 Å². The second-order valence-electron chi connectivity index (χ2n) is 8.39. The molecule has 1 heterocycles. The van der Waals surface area contributed by atoms with Crippen LogP contribution in [-0.2, 0) is 32.4 Å². The van der Waals surface area contributed by atoms with Gasteiger partial charge in [-0.1, -0.05) is 30.3 Å². The third-order valence-corrected chi connectivity index (χ3v) is 8.76. The Balaban J connectivity index is 1.48. The van der Waals surface area contributed by atoms with E-state index in [1.165, 1.54) is 0 Å². The Hall–Kier alpha value is -2.19. The quantitative estimate of drug-likeness (QED) is 0.529. The van der Waals surface area contributed by atoms with Crippen molar-refractivity contribution in [2.75, 3.05) is 23.7 Å². The number of halogens is 1. The van der Waals surface area contributed by atoms with Gasteiger partial charge >= 0.3 is 0 Å². The number of carbonyl (C=O) groups is 2. The van der Waals surface area contributed by atoms with Crippen LogP contribution in [0.4, 0.5) is 5.69 Å². The highest BCUT2D eigenvalue weighted by Crippen LogP contribution is 2.39. The summed E-state index contributed by atoms with van der Waals surface area (Å²) in [5, 5.41) is 0. The molecule has 0 unspecified atom stereocenters. The second-order valence-corrected chi connectivity index (χ2v) is 11.3. The van der Waals surface area contributed by atoms with Gasteiger partial charge in [0.25, 0.3) is 0 Å². The van der Waals surface area contributed by atoms with E-state index >= 15 is 0 Å². The van der Waals surface area contributed by atoms with Crippen LogP contribution in [-0.4, -0.2) is 44.0 Å². The van der Waals surface area contributed by atoms with E-state index in [-0.39, 0.29) is 34.8 Å². The number of hydrogen-bond acceptors (Lipinski definition) is 4. The Labute approximate surface area is 197 Å². The molecule has 0 spiro atoms. The number of nitrogens with zero attached hydrogens (tertiary/aromatic N) is 2. The van der Waals surface area contributed by atoms with Crippen molar-refractivity contribution < 1.29 is 18.0 Å². The van der Waals surface area contributed by atoms with Gasteiger partial charge in [0, 0.05) is 42.1 Å². The van der Waals surface area contributed by atoms with Crippen molar-refractivity contribution in [3.8, 4) is 0 Å². The van der Waals surface area contributed by atoms with Crippen molar-refractivity contribution in [2.45, 2.75) is 44.0 Å². The summed E-state index contributed by atoms with van der Waals surface area (Å²) >= 11 is 3.40. The first kappa shape index (κ1) is 23.0. The summed E-state index contributed by atoms with van der Waals surface area (Å²) in [5.41, 5.74) is 2.67. The highest BCUT2D eigenvalue weighted by molar-refractivity contribution is 9.10. The van der Waals surface area contributed by atoms with Crippen molar-refractivity contribution in [1.82, 2.24) is 4.90 Å². The lowest BCUT2D eigenvalue weighted by Gasteiger charge is -2.21. The van der Waals surface area contributed by atoms with Gasteiger partial charge in [0.2, 0.25) is 11.8 Å². The van der Waals surface area contributed by atoms with Gasteiger partial charge in [-0.3, -0.25) is 9.59 Å². The van der Waals surface area contributed by atoms with Crippen molar-refractivity contribution >= 4 is 43.3 Å². The summed E-state index contributed by atoms with van der Waals surface area (Å²) < 4.78 is 26.8. The molecule has 2 aromatic carbocycles. The molecule has 32 heavy (non-hydrogen) atoms. The maximum atomic E-state index is 13.1. The fourth-order valence-electron chi connectivity index (χ4n) is 4.08. The van der Waals surface area contributed by atoms with Crippen LogP contribution in [0.3, 0.4) is 0 Å². The number of anilines is 1. The van der Waals surface area contributed by atoms with E-state index in [4.69, 9.17) is 0 Å². The summed E-state index contributed by atoms with van der Waals surface area (Å²) in [7, 11) is -3.71. The SMILES string of the molecule is CCN(Cc1ccccc1)C(=O)CCS(=O)(=O)c1cc2c(cc1Br)CCN2C(=O)C1CC1. The van der Waals surface area contributed by atoms with E-state index in [2.05, 4.69) is 15.9 Å². The second kappa shape index (κ2) is 9.35. The first-order valence-corrected chi connectivity index (χ1v) is 13.4. The molecule has 1 saturated carbocycles. The van der Waals surface area contributed by atoms with Gasteiger partial charge in [-0.15, -0.1) is 0 Å². The molecule has 4 rings (SSSR count). The van der Waals surface area contributed by atoms with E-state index in [1.54, 1.807) is 21.9 Å². The highest BCUT2D eigenvalue weighted by Gasteiger charge is 2.37. The Morgan fingerprint density at radius 3 is 2.53 bits per heavy atom. The van der Waals surface area contributed by atoms with Crippen LogP contribution in [0.2, 0.25) is 0 Å². The molecule has 1 aliphatic carbocycles. The summed E-state index contributed by atoms with van der Waals surface area (Å²) in [6.07, 6.45) is 2.45. The minimum atomic E-state index is -3.71. The number of hydrogen-bond donors (Lipinski definition) is 0. The molecule has 0 bridgehead atoms. The summed E-state index contributed by atoms with van der Waals surface area (Å²) in [4.78, 5) is 28.9. The lowest BCUT2D eigenvalue weighted by Crippen LogP contribution is -2.31. The third-order valence-electron chi connectivity index (χ3n) is 6.09. The van der Waals surface area contributed by atoms with Crippen LogP contribution in [0.25, 0.3) is 0 Å². The molecule has 2 aliphatic rings. The largest absolute Gasteiger partial charge is 0.339 e. The molecule has 0 saturated heterocycles. The average molecular weight is 519 g/mol. The first-order valence-electron chi connectivity index (χ1n) is 11.0. The molecule has 0 N–H and O–H groups in total. The zero-order chi connectivity index (χ0) is 22.9. The smallest absolute Gasteiger partial charge is 0.230 e. The van der Waals surface area contributed by atoms with E-state index in [0.29, 0.717) is 29.8 Å². The van der Waals surface area contributed by atoms with Gasteiger partial charge in [0.15, 0.2) is 9.84 Å². The van der Waals surface area contributed by atoms with Gasteiger partial charge < -0.3 is 9.80 Å². The molecule has 2 amide bonds. The van der Waals surface area contributed by atoms with E-state index in [1.807, 2.05) is 37.3 Å². The van der Waals surface area contributed by atoms with E-state index in [0.717, 1.165) is 30.4 Å². The Morgan fingerprint density at radius 1 is 1.16 bits per heavy atom. The maximum Gasteiger partial charge on any atom is 0.230 e. The summed E-state index contributed by atoms with van der Waals surface area (Å²) in [5.74, 6) is -0.302. The lowest BCUT2D eigenvalue weighted by molar-refractivity contribution is -0.131. The van der Waals surface area contributed by atoms with Crippen molar-refractivity contribution in [1.29, 1.82) is 0 Å². The van der Waals surface area contributed by atoms with Gasteiger partial charge in [-0.25, -0.2) is 8.42 Å². The molecule has 0 radical (unpaired) electrons. The number of benzene rings is 2. The molecule has 1 fully saturated rings. The topological polar surface area (TPSA) is 74.8 Å². The Kier molecular flexibility index (Phi) is 6.72. The first-order chi connectivity index (χ1) is 15.3. The number of fused-ring (bicyclic) bond motifs is 1. The molecule has 8 heteroatoms. The van der Waals surface area contributed by atoms with Crippen LogP contribution in [0.1, 0.15) is 37.3 Å². The minimum absolute atomic E-state index is 0.0758. The minimum Gasteiger partial charge on any atom is -0.339 e. The predicted octanol–water partition coefficient (Wildman–Crippen LogP) is 3.96. The fourth-order valence-corrected chi connectivity index (χ4v) is 6.52. The zero-order valence-electron chi connectivity index (χ0n) is 18.1. The van der Waals surface area contributed by atoms with Gasteiger partial charge in [0.05, 0.1) is 10.6 Å². The van der Waals surface area contributed by atoms with Crippen LogP contribution < -0.4 is 4.90 Å². The van der Waals surface area contributed by atoms with Gasteiger partial charge in [-0.05, 0) is 65.4 Å². The van der Waals surface area contributed by atoms with Gasteiger partial charge in [-0.2, -0.15) is 0 Å². The number of carbonyl (C=O) groups excluding carboxylic acids is 2. The van der Waals surface area contributed by atoms with Crippen LogP contribution >= 0.6 is 15.9 Å². The average Bonchev–Trinajstić information content (AvgIpc) is 3.55. The van der Waals surface area contributed by atoms with Crippen molar-refractivity contribution in [3.63, 3.8) is 0 Å². The predicted molar refractivity (Wildman–Crippen MR) is 127 cm³/mol. The standard InChI is InChI=1S/C24H27BrN2O4S/c1-2-26(16-17-6-4-3-5-7-17)23(28)11-13-32(30,31)22-15-21-19(14-20(22)25)10-12-27(21)24(29)18-8-9-18/h3-7,14-15,18H,2,8-13,16H2,1H3. The van der Waals surface area contributed by atoms with Crippen LogP contribution in [0, 0.1) is 5.92 Å². The van der Waals surface area contributed by atoms with Gasteiger partial charge in [0.1, 0.15) is 0 Å². The highest BCUT2D eigenvalue weighted by atomic mass is 79.9. The van der Waals surface area contributed by atoms with E-state index < -0.39 is 9.84 Å². The number of sulfone groups is 1. The van der Waals surface area contributed by atoms with E-state index in [9.17, 15) is 18.0 Å². The number of amides is 2. The molecular formula is C24H27BrN2O4S. The molecule has 1 aliphatic heterocycles. The Bertz CT molecular complexity index is 1130. The van der Waals surface area contributed by atoms with Crippen molar-refractivity contribution in [2.24, 2.45) is 5.92 Å². The fraction of sp³-hybridized carbons (Fsp3) is 0.417. The Morgan fingerprint density at radius 2 is 1.88 bits per heavy atom. The third kappa shape index (κ3) is 4.91. The molecule has 6 nitrogen and oxygen atoms in total. The lowest BCUT2D eigenvalue weighted by atomic mass is 10.2. The monoisotopic (exact) mass is 518 g/mol. The molecule has 170 valence electrons. The molecule has 2 aromatic rings. The normalized spacial score (nSPS) is 15.5. The summed E-state index contributed by atoms with van der Waals surface area (Å²) in [6.45, 7) is 3.44. The summed E-state index contributed by atoms with van der Waals surface area (Å²) in [6, 6.07) is 13.1. The van der Waals surface area contributed by atoms with Crippen molar-refractivity contribution in [3.05, 3.63) is 58.1 Å². The number of rotatable bonds is 8.